The summed E-state index contributed by atoms with van der Waals surface area (Å²) in [5.74, 6) is 0.0613. The van der Waals surface area contributed by atoms with E-state index in [-0.39, 0.29) is 22.1 Å². The molecule has 22 heavy (non-hydrogen) atoms. The van der Waals surface area contributed by atoms with Crippen LogP contribution in [0.25, 0.3) is 11.5 Å². The highest BCUT2D eigenvalue weighted by Gasteiger charge is 2.32. The first-order valence-electron chi connectivity index (χ1n) is 6.42. The van der Waals surface area contributed by atoms with Crippen LogP contribution in [0.2, 0.25) is 5.02 Å². The minimum atomic E-state index is -4.53. The van der Waals surface area contributed by atoms with Crippen LogP contribution in [-0.2, 0) is 19.1 Å². The van der Waals surface area contributed by atoms with Gasteiger partial charge in [0.1, 0.15) is 5.69 Å². The summed E-state index contributed by atoms with van der Waals surface area (Å²) in [5, 5.41) is 2.85. The Morgan fingerprint density at radius 2 is 2.09 bits per heavy atom. The number of pyridine rings is 1. The molecule has 0 unspecified atom stereocenters. The van der Waals surface area contributed by atoms with Crippen molar-refractivity contribution in [3.63, 3.8) is 0 Å². The van der Waals surface area contributed by atoms with Gasteiger partial charge in [-0.25, -0.2) is 4.98 Å². The molecule has 0 bridgehead atoms. The van der Waals surface area contributed by atoms with Gasteiger partial charge in [0, 0.05) is 18.3 Å². The average Bonchev–Trinajstić information content (AvgIpc) is 2.46. The second-order valence-electron chi connectivity index (χ2n) is 4.82. The fraction of sp³-hybridized carbons (Fsp3) is 0.308. The Kier molecular flexibility index (Phi) is 3.65. The van der Waals surface area contributed by atoms with Crippen molar-refractivity contribution >= 4 is 11.6 Å². The van der Waals surface area contributed by atoms with Crippen LogP contribution in [0.4, 0.5) is 13.2 Å². The molecule has 2 aromatic rings. The molecule has 1 aliphatic rings. The largest absolute Gasteiger partial charge is 0.417 e. The number of alkyl halides is 3. The molecule has 3 rings (SSSR count). The van der Waals surface area contributed by atoms with Crippen molar-refractivity contribution in [2.75, 3.05) is 6.54 Å². The van der Waals surface area contributed by atoms with Crippen LogP contribution in [-0.4, -0.2) is 21.5 Å². The van der Waals surface area contributed by atoms with Crippen LogP contribution in [0.3, 0.4) is 0 Å². The third-order valence-corrected chi connectivity index (χ3v) is 3.63. The van der Waals surface area contributed by atoms with Crippen LogP contribution in [0, 0.1) is 0 Å². The summed E-state index contributed by atoms with van der Waals surface area (Å²) < 4.78 is 37.8. The maximum Gasteiger partial charge on any atom is 0.417 e. The average molecular weight is 331 g/mol. The highest BCUT2D eigenvalue weighted by atomic mass is 35.5. The Bertz CT molecular complexity index is 788. The molecule has 0 aliphatic carbocycles. The number of halogens is 4. The van der Waals surface area contributed by atoms with Gasteiger partial charge in [-0.05, 0) is 19.0 Å². The molecule has 0 atom stereocenters. The molecule has 0 aromatic carbocycles. The lowest BCUT2D eigenvalue weighted by Crippen LogP contribution is -2.31. The minimum absolute atomic E-state index is 0.0140. The van der Waals surface area contributed by atoms with Gasteiger partial charge in [0.15, 0.2) is 5.82 Å². The molecule has 0 fully saturated rings. The molecule has 0 radical (unpaired) electrons. The number of hydrogen-bond acceptors (Lipinski definition) is 4. The third kappa shape index (κ3) is 2.71. The smallest absolute Gasteiger partial charge is 0.311 e. The number of aromatic nitrogens is 3. The van der Waals surface area contributed by atoms with Gasteiger partial charge in [0.25, 0.3) is 5.56 Å². The summed E-state index contributed by atoms with van der Waals surface area (Å²) in [6, 6.07) is 0.765. The second-order valence-corrected chi connectivity index (χ2v) is 5.23. The quantitative estimate of drug-likeness (QED) is 0.840. The molecular weight excluding hydrogens is 321 g/mol. The number of hydrogen-bond donors (Lipinski definition) is 2. The van der Waals surface area contributed by atoms with E-state index in [9.17, 15) is 18.0 Å². The molecule has 1 aliphatic heterocycles. The molecule has 0 amide bonds. The molecule has 3 heterocycles. The fourth-order valence-corrected chi connectivity index (χ4v) is 2.50. The normalized spacial score (nSPS) is 14.7. The van der Waals surface area contributed by atoms with Gasteiger partial charge in [-0.15, -0.1) is 0 Å². The molecule has 116 valence electrons. The van der Waals surface area contributed by atoms with E-state index in [0.717, 1.165) is 6.07 Å². The summed E-state index contributed by atoms with van der Waals surface area (Å²) in [7, 11) is 0. The van der Waals surface area contributed by atoms with Crippen LogP contribution < -0.4 is 10.9 Å². The van der Waals surface area contributed by atoms with Gasteiger partial charge in [-0.2, -0.15) is 13.2 Å². The van der Waals surface area contributed by atoms with Gasteiger partial charge in [-0.3, -0.25) is 9.78 Å². The van der Waals surface area contributed by atoms with E-state index in [0.29, 0.717) is 37.0 Å². The van der Waals surface area contributed by atoms with Crippen molar-refractivity contribution in [3.05, 3.63) is 44.5 Å². The monoisotopic (exact) mass is 330 g/mol. The standard InChI is InChI=1S/C13H10ClF3N4O/c14-8-3-6(13(15,16)17)4-19-10(8)11-20-9-5-18-2-1-7(9)12(22)21-11/h3-4,18H,1-2,5H2,(H,20,21,22). The summed E-state index contributed by atoms with van der Waals surface area (Å²) in [6.45, 7) is 1.10. The Morgan fingerprint density at radius 3 is 2.77 bits per heavy atom. The first-order chi connectivity index (χ1) is 10.4. The summed E-state index contributed by atoms with van der Waals surface area (Å²) in [6.07, 6.45) is -3.32. The van der Waals surface area contributed by atoms with Gasteiger partial charge < -0.3 is 10.3 Å². The molecular formula is C13H10ClF3N4O. The maximum atomic E-state index is 12.6. The molecule has 5 nitrogen and oxygen atoms in total. The van der Waals surface area contributed by atoms with Gasteiger partial charge >= 0.3 is 6.18 Å². The van der Waals surface area contributed by atoms with Crippen LogP contribution in [0.15, 0.2) is 17.1 Å². The Morgan fingerprint density at radius 1 is 1.32 bits per heavy atom. The van der Waals surface area contributed by atoms with Crippen LogP contribution in [0.1, 0.15) is 16.8 Å². The van der Waals surface area contributed by atoms with E-state index in [1.807, 2.05) is 0 Å². The van der Waals surface area contributed by atoms with Crippen molar-refractivity contribution in [2.45, 2.75) is 19.1 Å². The van der Waals surface area contributed by atoms with Crippen LogP contribution >= 0.6 is 11.6 Å². The Labute approximate surface area is 127 Å². The van der Waals surface area contributed by atoms with Gasteiger partial charge in [0.05, 0.1) is 16.3 Å². The van der Waals surface area contributed by atoms with E-state index in [4.69, 9.17) is 11.6 Å². The Balaban J connectivity index is 2.08. The van der Waals surface area contributed by atoms with Crippen molar-refractivity contribution in [2.24, 2.45) is 0 Å². The first-order valence-corrected chi connectivity index (χ1v) is 6.80. The predicted molar refractivity (Wildman–Crippen MR) is 73.5 cm³/mol. The molecule has 2 aromatic heterocycles. The minimum Gasteiger partial charge on any atom is -0.311 e. The third-order valence-electron chi connectivity index (χ3n) is 3.34. The van der Waals surface area contributed by atoms with E-state index in [1.54, 1.807) is 0 Å². The SMILES string of the molecule is O=c1[nH]c(-c2ncc(C(F)(F)F)cc2Cl)nc2c1CCNC2. The van der Waals surface area contributed by atoms with Crippen molar-refractivity contribution in [3.8, 4) is 11.5 Å². The van der Waals surface area contributed by atoms with E-state index >= 15 is 0 Å². The molecule has 0 saturated carbocycles. The molecule has 0 spiro atoms. The zero-order chi connectivity index (χ0) is 15.9. The number of H-pyrrole nitrogens is 1. The second kappa shape index (κ2) is 5.36. The summed E-state index contributed by atoms with van der Waals surface area (Å²) in [4.78, 5) is 22.5. The van der Waals surface area contributed by atoms with E-state index in [2.05, 4.69) is 20.3 Å². The van der Waals surface area contributed by atoms with E-state index in [1.165, 1.54) is 0 Å². The lowest BCUT2D eigenvalue weighted by Gasteiger charge is -2.16. The van der Waals surface area contributed by atoms with Crippen molar-refractivity contribution < 1.29 is 13.2 Å². The lowest BCUT2D eigenvalue weighted by molar-refractivity contribution is -0.137. The molecule has 0 saturated heterocycles. The molecule has 2 N–H and O–H groups in total. The van der Waals surface area contributed by atoms with Crippen molar-refractivity contribution in [1.29, 1.82) is 0 Å². The summed E-state index contributed by atoms with van der Waals surface area (Å²) in [5.41, 5.74) is -0.129. The van der Waals surface area contributed by atoms with E-state index < -0.39 is 11.7 Å². The molecule has 9 heteroatoms. The first kappa shape index (κ1) is 15.0. The fourth-order valence-electron chi connectivity index (χ4n) is 2.25. The highest BCUT2D eigenvalue weighted by Crippen LogP contribution is 2.33. The highest BCUT2D eigenvalue weighted by molar-refractivity contribution is 6.32. The number of aromatic amines is 1. The lowest BCUT2D eigenvalue weighted by atomic mass is 10.1. The van der Waals surface area contributed by atoms with Gasteiger partial charge in [-0.1, -0.05) is 11.6 Å². The summed E-state index contributed by atoms with van der Waals surface area (Å²) >= 11 is 5.87. The maximum absolute atomic E-state index is 12.6. The topological polar surface area (TPSA) is 70.7 Å². The van der Waals surface area contributed by atoms with Gasteiger partial charge in [0.2, 0.25) is 0 Å². The predicted octanol–water partition coefficient (Wildman–Crippen LogP) is 2.15. The number of nitrogens with one attached hydrogen (secondary N) is 2. The van der Waals surface area contributed by atoms with Crippen molar-refractivity contribution in [1.82, 2.24) is 20.3 Å². The number of nitrogens with zero attached hydrogens (tertiary/aromatic N) is 2. The number of fused-ring (bicyclic) bond motifs is 1. The number of rotatable bonds is 1. The zero-order valence-corrected chi connectivity index (χ0v) is 11.8. The zero-order valence-electron chi connectivity index (χ0n) is 11.1. The Hall–Kier alpha value is -1.93. The van der Waals surface area contributed by atoms with Crippen LogP contribution in [0.5, 0.6) is 0 Å².